The molecule has 2 heterocycles. The highest BCUT2D eigenvalue weighted by Crippen LogP contribution is 2.53. The monoisotopic (exact) mass is 295 g/mol. The Morgan fingerprint density at radius 1 is 1.59 bits per heavy atom. The molecule has 1 aliphatic heterocycles. The molecule has 90 valence electrons. The summed E-state index contributed by atoms with van der Waals surface area (Å²) in [4.78, 5) is 16.2. The van der Waals surface area contributed by atoms with Gasteiger partial charge in [-0.1, -0.05) is 13.0 Å². The van der Waals surface area contributed by atoms with E-state index in [1.54, 1.807) is 6.07 Å². The summed E-state index contributed by atoms with van der Waals surface area (Å²) in [5.74, 6) is 0.612. The van der Waals surface area contributed by atoms with E-state index in [1.165, 1.54) is 6.42 Å². The van der Waals surface area contributed by atoms with Gasteiger partial charge in [-0.2, -0.15) is 0 Å². The van der Waals surface area contributed by atoms with Gasteiger partial charge in [0, 0.05) is 6.04 Å². The molecule has 1 saturated carbocycles. The number of nitrogens with zero attached hydrogens (tertiary/aromatic N) is 1. The quantitative estimate of drug-likeness (QED) is 0.820. The zero-order chi connectivity index (χ0) is 12.0. The van der Waals surface area contributed by atoms with E-state index in [0.29, 0.717) is 17.3 Å². The lowest BCUT2D eigenvalue weighted by Crippen LogP contribution is -2.38. The lowest BCUT2D eigenvalue weighted by atomic mass is 10.0. The van der Waals surface area contributed by atoms with Crippen molar-refractivity contribution in [2.45, 2.75) is 31.8 Å². The predicted molar refractivity (Wildman–Crippen MR) is 68.6 cm³/mol. The van der Waals surface area contributed by atoms with E-state index >= 15 is 0 Å². The summed E-state index contributed by atoms with van der Waals surface area (Å²) in [5.41, 5.74) is 0.354. The average molecular weight is 296 g/mol. The molecular formula is C12H14BrN3O. The van der Waals surface area contributed by atoms with Crippen molar-refractivity contribution in [1.82, 2.24) is 10.3 Å². The Kier molecular flexibility index (Phi) is 2.48. The molecule has 1 unspecified atom stereocenters. The topological polar surface area (TPSA) is 54.0 Å². The molecule has 3 atom stereocenters. The Bertz CT molecular complexity index is 479. The SMILES string of the molecule is C[C@@]12CC(C(=O)Nc3cccc(Br)n3)N[C@@H]1C2. The molecular weight excluding hydrogens is 282 g/mol. The van der Waals surface area contributed by atoms with E-state index in [2.05, 4.69) is 38.5 Å². The van der Waals surface area contributed by atoms with Crippen molar-refractivity contribution in [3.8, 4) is 0 Å². The van der Waals surface area contributed by atoms with Crippen LogP contribution in [0, 0.1) is 5.41 Å². The highest BCUT2D eigenvalue weighted by Gasteiger charge is 2.58. The maximum Gasteiger partial charge on any atom is 0.242 e. The number of hydrogen-bond acceptors (Lipinski definition) is 3. The van der Waals surface area contributed by atoms with Crippen molar-refractivity contribution in [3.05, 3.63) is 22.8 Å². The second kappa shape index (κ2) is 3.78. The van der Waals surface area contributed by atoms with Crippen LogP contribution in [-0.2, 0) is 4.79 Å². The summed E-state index contributed by atoms with van der Waals surface area (Å²) in [6, 6.07) is 5.95. The van der Waals surface area contributed by atoms with Gasteiger partial charge in [-0.3, -0.25) is 4.79 Å². The Hall–Kier alpha value is -0.940. The normalized spacial score (nSPS) is 34.2. The number of pyridine rings is 1. The third-order valence-electron chi connectivity index (χ3n) is 3.71. The molecule has 5 heteroatoms. The lowest BCUT2D eigenvalue weighted by molar-refractivity contribution is -0.118. The number of piperidine rings is 1. The van der Waals surface area contributed by atoms with Gasteiger partial charge in [0.1, 0.15) is 10.4 Å². The Labute approximate surface area is 108 Å². The highest BCUT2D eigenvalue weighted by molar-refractivity contribution is 9.10. The number of carbonyl (C=O) groups is 1. The van der Waals surface area contributed by atoms with Crippen molar-refractivity contribution >= 4 is 27.7 Å². The summed E-state index contributed by atoms with van der Waals surface area (Å²) in [5, 5.41) is 6.19. The maximum absolute atomic E-state index is 12.0. The van der Waals surface area contributed by atoms with E-state index in [9.17, 15) is 4.79 Å². The van der Waals surface area contributed by atoms with E-state index in [4.69, 9.17) is 0 Å². The number of carbonyl (C=O) groups excluding carboxylic acids is 1. The number of halogens is 1. The van der Waals surface area contributed by atoms with Crippen LogP contribution in [0.3, 0.4) is 0 Å². The molecule has 1 aromatic rings. The van der Waals surface area contributed by atoms with Crippen LogP contribution < -0.4 is 10.6 Å². The first-order chi connectivity index (χ1) is 8.07. The molecule has 1 aromatic heterocycles. The molecule has 1 amide bonds. The highest BCUT2D eigenvalue weighted by atomic mass is 79.9. The molecule has 4 nitrogen and oxygen atoms in total. The van der Waals surface area contributed by atoms with Gasteiger partial charge in [0.25, 0.3) is 0 Å². The summed E-state index contributed by atoms with van der Waals surface area (Å²) in [6.07, 6.45) is 2.13. The zero-order valence-corrected chi connectivity index (χ0v) is 11.1. The van der Waals surface area contributed by atoms with Crippen molar-refractivity contribution in [3.63, 3.8) is 0 Å². The molecule has 2 N–H and O–H groups in total. The second-order valence-corrected chi connectivity index (χ2v) is 5.98. The molecule has 2 aliphatic rings. The fraction of sp³-hybridized carbons (Fsp3) is 0.500. The van der Waals surface area contributed by atoms with Gasteiger partial charge in [0.15, 0.2) is 0 Å². The van der Waals surface area contributed by atoms with Crippen molar-refractivity contribution in [2.24, 2.45) is 5.41 Å². The number of hydrogen-bond donors (Lipinski definition) is 2. The third kappa shape index (κ3) is 2.09. The molecule has 0 aromatic carbocycles. The van der Waals surface area contributed by atoms with Crippen LogP contribution in [0.1, 0.15) is 19.8 Å². The van der Waals surface area contributed by atoms with Gasteiger partial charge in [0.05, 0.1) is 6.04 Å². The number of rotatable bonds is 2. The minimum Gasteiger partial charge on any atom is -0.309 e. The zero-order valence-electron chi connectivity index (χ0n) is 9.53. The van der Waals surface area contributed by atoms with Crippen molar-refractivity contribution in [2.75, 3.05) is 5.32 Å². The lowest BCUT2D eigenvalue weighted by Gasteiger charge is -2.13. The van der Waals surface area contributed by atoms with Gasteiger partial charge in [-0.05, 0) is 46.3 Å². The first kappa shape index (κ1) is 11.2. The molecule has 3 rings (SSSR count). The average Bonchev–Trinajstić information content (AvgIpc) is 2.77. The summed E-state index contributed by atoms with van der Waals surface area (Å²) < 4.78 is 0.726. The fourth-order valence-corrected chi connectivity index (χ4v) is 2.86. The Morgan fingerprint density at radius 3 is 3.06 bits per heavy atom. The van der Waals surface area contributed by atoms with Crippen molar-refractivity contribution < 1.29 is 4.79 Å². The van der Waals surface area contributed by atoms with Gasteiger partial charge >= 0.3 is 0 Å². The largest absolute Gasteiger partial charge is 0.309 e. The van der Waals surface area contributed by atoms with Crippen LogP contribution in [0.15, 0.2) is 22.8 Å². The van der Waals surface area contributed by atoms with Crippen molar-refractivity contribution in [1.29, 1.82) is 0 Å². The minimum absolute atomic E-state index is 0.0176. The molecule has 1 aliphatic carbocycles. The number of aromatic nitrogens is 1. The fourth-order valence-electron chi connectivity index (χ4n) is 2.52. The van der Waals surface area contributed by atoms with E-state index < -0.39 is 0 Å². The van der Waals surface area contributed by atoms with Crippen LogP contribution in [0.5, 0.6) is 0 Å². The number of nitrogens with one attached hydrogen (secondary N) is 2. The first-order valence-electron chi connectivity index (χ1n) is 5.76. The minimum atomic E-state index is -0.0699. The van der Waals surface area contributed by atoms with E-state index in [0.717, 1.165) is 11.0 Å². The molecule has 0 radical (unpaired) electrons. The van der Waals surface area contributed by atoms with Crippen LogP contribution >= 0.6 is 15.9 Å². The van der Waals surface area contributed by atoms with Crippen LogP contribution in [0.4, 0.5) is 5.82 Å². The Balaban J connectivity index is 1.64. The van der Waals surface area contributed by atoms with Crippen LogP contribution in [0.2, 0.25) is 0 Å². The van der Waals surface area contributed by atoms with Gasteiger partial charge in [0.2, 0.25) is 5.91 Å². The van der Waals surface area contributed by atoms with E-state index in [-0.39, 0.29) is 11.9 Å². The van der Waals surface area contributed by atoms with Crippen LogP contribution in [-0.4, -0.2) is 23.0 Å². The number of fused-ring (bicyclic) bond motifs is 1. The summed E-state index contributed by atoms with van der Waals surface area (Å²) in [7, 11) is 0. The molecule has 2 fully saturated rings. The Morgan fingerprint density at radius 2 is 2.41 bits per heavy atom. The summed E-state index contributed by atoms with van der Waals surface area (Å²) in [6.45, 7) is 2.23. The van der Waals surface area contributed by atoms with Gasteiger partial charge in [-0.15, -0.1) is 0 Å². The van der Waals surface area contributed by atoms with Gasteiger partial charge in [-0.25, -0.2) is 4.98 Å². The summed E-state index contributed by atoms with van der Waals surface area (Å²) >= 11 is 3.28. The predicted octanol–water partition coefficient (Wildman–Crippen LogP) is 1.92. The molecule has 17 heavy (non-hydrogen) atoms. The second-order valence-electron chi connectivity index (χ2n) is 5.17. The number of amides is 1. The molecule has 0 spiro atoms. The smallest absolute Gasteiger partial charge is 0.242 e. The standard InChI is InChI=1S/C12H14BrN3O/c1-12-5-7(14-8(12)6-12)11(17)16-10-4-2-3-9(13)15-10/h2-4,7-8,14H,5-6H2,1H3,(H,15,16,17)/t7?,8-,12+/m1/s1. The third-order valence-corrected chi connectivity index (χ3v) is 4.15. The van der Waals surface area contributed by atoms with E-state index in [1.807, 2.05) is 12.1 Å². The molecule has 0 bridgehead atoms. The van der Waals surface area contributed by atoms with Crippen LogP contribution in [0.25, 0.3) is 0 Å². The van der Waals surface area contributed by atoms with Gasteiger partial charge < -0.3 is 10.6 Å². The number of anilines is 1. The molecule has 1 saturated heterocycles. The maximum atomic E-state index is 12.0. The first-order valence-corrected chi connectivity index (χ1v) is 6.56.